The van der Waals surface area contributed by atoms with Crippen molar-refractivity contribution in [2.45, 2.75) is 26.3 Å². The largest absolute Gasteiger partial charge is 0.493 e. The summed E-state index contributed by atoms with van der Waals surface area (Å²) in [5.74, 6) is 1.08. The van der Waals surface area contributed by atoms with Gasteiger partial charge in [0.25, 0.3) is 0 Å². The molecule has 0 radical (unpaired) electrons. The molecule has 0 spiro atoms. The van der Waals surface area contributed by atoms with Crippen LogP contribution in [0.15, 0.2) is 55.1 Å². The van der Waals surface area contributed by atoms with Gasteiger partial charge in [-0.1, -0.05) is 6.92 Å². The lowest BCUT2D eigenvalue weighted by atomic mass is 10.1. The van der Waals surface area contributed by atoms with Crippen LogP contribution in [0.4, 0.5) is 10.2 Å². The zero-order valence-electron chi connectivity index (χ0n) is 15.8. The first-order chi connectivity index (χ1) is 13.7. The van der Waals surface area contributed by atoms with Crippen molar-refractivity contribution in [1.29, 1.82) is 0 Å². The highest BCUT2D eigenvalue weighted by atomic mass is 19.1. The number of aromatic nitrogens is 4. The molecule has 28 heavy (non-hydrogen) atoms. The summed E-state index contributed by atoms with van der Waals surface area (Å²) in [6.45, 7) is 4.59. The third kappa shape index (κ3) is 3.55. The van der Waals surface area contributed by atoms with Crippen LogP contribution in [-0.4, -0.2) is 26.2 Å². The molecule has 1 aromatic carbocycles. The molecule has 0 aliphatic heterocycles. The van der Waals surface area contributed by atoms with E-state index in [2.05, 4.69) is 15.4 Å². The molecule has 7 heteroatoms. The Morgan fingerprint density at radius 3 is 2.96 bits per heavy atom. The van der Waals surface area contributed by atoms with Crippen molar-refractivity contribution in [2.24, 2.45) is 0 Å². The predicted molar refractivity (Wildman–Crippen MR) is 107 cm³/mol. The first-order valence-corrected chi connectivity index (χ1v) is 9.32. The maximum atomic E-state index is 13.8. The SMILES string of the molecule is CCCOc1ccc(F)cc1C(C)Nc1ccn2ncc(-c3cc[nH]c3)c2n1. The number of benzene rings is 1. The van der Waals surface area contributed by atoms with Gasteiger partial charge in [-0.15, -0.1) is 0 Å². The van der Waals surface area contributed by atoms with Crippen molar-refractivity contribution in [1.82, 2.24) is 19.6 Å². The minimum atomic E-state index is -0.290. The van der Waals surface area contributed by atoms with Crippen LogP contribution in [-0.2, 0) is 0 Å². The fourth-order valence-corrected chi connectivity index (χ4v) is 3.15. The molecular weight excluding hydrogens is 357 g/mol. The van der Waals surface area contributed by atoms with Crippen LogP contribution in [0.5, 0.6) is 5.75 Å². The molecule has 0 saturated heterocycles. The van der Waals surface area contributed by atoms with Gasteiger partial charge in [0.15, 0.2) is 5.65 Å². The summed E-state index contributed by atoms with van der Waals surface area (Å²) in [5, 5.41) is 7.71. The van der Waals surface area contributed by atoms with E-state index in [0.717, 1.165) is 28.8 Å². The van der Waals surface area contributed by atoms with E-state index in [1.54, 1.807) is 16.8 Å². The van der Waals surface area contributed by atoms with Gasteiger partial charge in [0, 0.05) is 35.3 Å². The lowest BCUT2D eigenvalue weighted by Crippen LogP contribution is -2.11. The lowest BCUT2D eigenvalue weighted by Gasteiger charge is -2.19. The minimum Gasteiger partial charge on any atom is -0.493 e. The molecule has 3 aromatic heterocycles. The van der Waals surface area contributed by atoms with Crippen LogP contribution in [0.3, 0.4) is 0 Å². The third-order valence-corrected chi connectivity index (χ3v) is 4.54. The molecule has 0 aliphatic carbocycles. The lowest BCUT2D eigenvalue weighted by molar-refractivity contribution is 0.312. The van der Waals surface area contributed by atoms with Crippen LogP contribution in [0.25, 0.3) is 16.8 Å². The molecule has 0 saturated carbocycles. The van der Waals surface area contributed by atoms with Crippen LogP contribution >= 0.6 is 0 Å². The third-order valence-electron chi connectivity index (χ3n) is 4.54. The normalized spacial score (nSPS) is 12.2. The molecule has 6 nitrogen and oxygen atoms in total. The first kappa shape index (κ1) is 18.0. The van der Waals surface area contributed by atoms with Crippen molar-refractivity contribution >= 4 is 11.5 Å². The Morgan fingerprint density at radius 2 is 2.18 bits per heavy atom. The van der Waals surface area contributed by atoms with Gasteiger partial charge in [0.05, 0.1) is 18.8 Å². The maximum absolute atomic E-state index is 13.8. The Morgan fingerprint density at radius 1 is 1.29 bits per heavy atom. The van der Waals surface area contributed by atoms with Crippen LogP contribution in [0.2, 0.25) is 0 Å². The van der Waals surface area contributed by atoms with Gasteiger partial charge >= 0.3 is 0 Å². The average molecular weight is 379 g/mol. The summed E-state index contributed by atoms with van der Waals surface area (Å²) in [7, 11) is 0. The van der Waals surface area contributed by atoms with Crippen molar-refractivity contribution < 1.29 is 9.13 Å². The number of hydrogen-bond donors (Lipinski definition) is 2. The summed E-state index contributed by atoms with van der Waals surface area (Å²) in [6, 6.07) is 8.24. The molecule has 1 atom stereocenters. The molecule has 2 N–H and O–H groups in total. The highest BCUT2D eigenvalue weighted by Gasteiger charge is 2.15. The Hall–Kier alpha value is -3.35. The van der Waals surface area contributed by atoms with E-state index < -0.39 is 0 Å². The molecule has 4 rings (SSSR count). The molecule has 0 amide bonds. The second-order valence-corrected chi connectivity index (χ2v) is 6.64. The molecule has 1 unspecified atom stereocenters. The van der Waals surface area contributed by atoms with Crippen molar-refractivity contribution in [2.75, 3.05) is 11.9 Å². The van der Waals surface area contributed by atoms with Gasteiger partial charge in [0.2, 0.25) is 0 Å². The summed E-state index contributed by atoms with van der Waals surface area (Å²) in [5.41, 5.74) is 3.47. The van der Waals surface area contributed by atoms with Gasteiger partial charge in [0.1, 0.15) is 17.4 Å². The van der Waals surface area contributed by atoms with Gasteiger partial charge in [-0.05, 0) is 43.7 Å². The maximum Gasteiger partial charge on any atom is 0.165 e. The van der Waals surface area contributed by atoms with Crippen molar-refractivity contribution in [3.63, 3.8) is 0 Å². The highest BCUT2D eigenvalue weighted by Crippen LogP contribution is 2.29. The fourth-order valence-electron chi connectivity index (χ4n) is 3.15. The topological polar surface area (TPSA) is 67.2 Å². The predicted octanol–water partition coefficient (Wildman–Crippen LogP) is 4.83. The number of aromatic amines is 1. The number of H-pyrrole nitrogens is 1. The van der Waals surface area contributed by atoms with E-state index >= 15 is 0 Å². The van der Waals surface area contributed by atoms with E-state index in [-0.39, 0.29) is 11.9 Å². The van der Waals surface area contributed by atoms with Crippen molar-refractivity contribution in [3.8, 4) is 16.9 Å². The van der Waals surface area contributed by atoms with Crippen LogP contribution in [0, 0.1) is 5.82 Å². The molecule has 4 aromatic rings. The number of nitrogens with zero attached hydrogens (tertiary/aromatic N) is 3. The number of hydrogen-bond acceptors (Lipinski definition) is 4. The van der Waals surface area contributed by atoms with Crippen molar-refractivity contribution in [3.05, 3.63) is 66.5 Å². The minimum absolute atomic E-state index is 0.184. The quantitative estimate of drug-likeness (QED) is 0.483. The highest BCUT2D eigenvalue weighted by molar-refractivity contribution is 5.77. The number of ether oxygens (including phenoxy) is 1. The first-order valence-electron chi connectivity index (χ1n) is 9.32. The smallest absolute Gasteiger partial charge is 0.165 e. The van der Waals surface area contributed by atoms with E-state index in [1.165, 1.54) is 12.1 Å². The Balaban J connectivity index is 1.63. The fraction of sp³-hybridized carbons (Fsp3) is 0.238. The van der Waals surface area contributed by atoms with Gasteiger partial charge in [-0.3, -0.25) is 0 Å². The second-order valence-electron chi connectivity index (χ2n) is 6.64. The molecular formula is C21H22FN5O. The zero-order valence-corrected chi connectivity index (χ0v) is 15.8. The average Bonchev–Trinajstić information content (AvgIpc) is 3.36. The van der Waals surface area contributed by atoms with E-state index in [1.807, 2.05) is 44.6 Å². The molecule has 3 heterocycles. The monoisotopic (exact) mass is 379 g/mol. The van der Waals surface area contributed by atoms with E-state index in [4.69, 9.17) is 9.72 Å². The molecule has 0 fully saturated rings. The number of fused-ring (bicyclic) bond motifs is 1. The summed E-state index contributed by atoms with van der Waals surface area (Å²) in [4.78, 5) is 7.76. The number of rotatable bonds is 7. The van der Waals surface area contributed by atoms with Crippen LogP contribution in [0.1, 0.15) is 31.9 Å². The van der Waals surface area contributed by atoms with E-state index in [9.17, 15) is 4.39 Å². The van der Waals surface area contributed by atoms with Gasteiger partial charge in [-0.2, -0.15) is 5.10 Å². The summed E-state index contributed by atoms with van der Waals surface area (Å²) >= 11 is 0. The Labute approximate surface area is 162 Å². The number of anilines is 1. The molecule has 0 aliphatic rings. The summed E-state index contributed by atoms with van der Waals surface area (Å²) in [6.07, 6.45) is 8.31. The molecule has 0 bridgehead atoms. The summed E-state index contributed by atoms with van der Waals surface area (Å²) < 4.78 is 21.3. The second kappa shape index (κ2) is 7.72. The Bertz CT molecular complexity index is 1070. The standard InChI is InChI=1S/C21H22FN5O/c1-3-10-28-19-5-4-16(22)11-17(19)14(2)25-20-7-9-27-21(26-20)18(13-24-27)15-6-8-23-12-15/h4-9,11-14,23H,3,10H2,1-2H3,(H,25,26). The van der Waals surface area contributed by atoms with Gasteiger partial charge in [-0.25, -0.2) is 13.9 Å². The van der Waals surface area contributed by atoms with Crippen LogP contribution < -0.4 is 10.1 Å². The number of halogens is 1. The van der Waals surface area contributed by atoms with E-state index in [0.29, 0.717) is 18.2 Å². The zero-order chi connectivity index (χ0) is 19.5. The number of nitrogens with one attached hydrogen (secondary N) is 2. The Kier molecular flexibility index (Phi) is 4.97. The molecule has 144 valence electrons. The van der Waals surface area contributed by atoms with Gasteiger partial charge < -0.3 is 15.0 Å².